The van der Waals surface area contributed by atoms with Gasteiger partial charge < -0.3 is 10.6 Å². The lowest BCUT2D eigenvalue weighted by atomic mass is 10.1. The Balaban J connectivity index is 2.12. The molecule has 0 aliphatic rings. The van der Waals surface area contributed by atoms with Gasteiger partial charge in [-0.2, -0.15) is 8.42 Å². The number of anilines is 1. The molecule has 7 nitrogen and oxygen atoms in total. The van der Waals surface area contributed by atoms with Crippen molar-refractivity contribution >= 4 is 27.6 Å². The van der Waals surface area contributed by atoms with Crippen LogP contribution in [0.2, 0.25) is 0 Å². The highest BCUT2D eigenvalue weighted by molar-refractivity contribution is 7.86. The van der Waals surface area contributed by atoms with Crippen molar-refractivity contribution in [1.82, 2.24) is 5.32 Å². The van der Waals surface area contributed by atoms with Crippen LogP contribution in [-0.2, 0) is 19.1 Å². The smallest absolute Gasteiger partial charge is 0.297 e. The first-order chi connectivity index (χ1) is 13.9. The van der Waals surface area contributed by atoms with Crippen LogP contribution in [0.1, 0.15) is 27.8 Å². The molecule has 0 saturated heterocycles. The van der Waals surface area contributed by atoms with Gasteiger partial charge in [0.15, 0.2) is 6.10 Å². The Bertz CT molecular complexity index is 1030. The lowest BCUT2D eigenvalue weighted by molar-refractivity contribution is -0.122. The Kier molecular flexibility index (Phi) is 5.31. The minimum absolute atomic E-state index is 0.0133. The molecule has 2 N–H and O–H groups in total. The van der Waals surface area contributed by atoms with E-state index in [0.717, 1.165) is 12.1 Å². The molecule has 0 aromatic heterocycles. The molecule has 2 aromatic rings. The topological polar surface area (TPSA) is 102 Å². The second-order valence-corrected chi connectivity index (χ2v) is 6.97. The minimum atomic E-state index is -4.19. The minimum Gasteiger partial charge on any atom is -0.355 e. The fourth-order valence-corrected chi connectivity index (χ4v) is 3.29. The first-order valence-electron chi connectivity index (χ1n) is 9.34. The summed E-state index contributed by atoms with van der Waals surface area (Å²) in [5, 5.41) is 3.96. The number of hydrogen-bond acceptors (Lipinski definition) is 5. The largest absolute Gasteiger partial charge is 0.355 e. The monoisotopic (exact) mass is 397 g/mol. The van der Waals surface area contributed by atoms with E-state index in [9.17, 15) is 22.4 Å². The molecule has 2 aromatic carbocycles. The number of rotatable bonds is 7. The predicted molar refractivity (Wildman–Crippen MR) is 97.2 cm³/mol. The van der Waals surface area contributed by atoms with Crippen LogP contribution in [0.15, 0.2) is 53.4 Å². The van der Waals surface area contributed by atoms with Crippen molar-refractivity contribution < 1.29 is 30.7 Å². The Morgan fingerprint density at radius 2 is 1.93 bits per heavy atom. The van der Waals surface area contributed by atoms with E-state index in [4.69, 9.17) is 8.30 Å². The molecule has 0 fully saturated rings. The van der Waals surface area contributed by atoms with E-state index in [1.54, 1.807) is 11.4 Å². The van der Waals surface area contributed by atoms with Crippen LogP contribution in [0.25, 0.3) is 0 Å². The predicted octanol–water partition coefficient (Wildman–Crippen LogP) is 2.31. The molecule has 0 spiro atoms. The van der Waals surface area contributed by atoms with Gasteiger partial charge in [0.25, 0.3) is 21.9 Å². The van der Waals surface area contributed by atoms with Gasteiger partial charge in [-0.1, -0.05) is 25.1 Å². The molecule has 0 heterocycles. The SMILES string of the molecule is [2H]C([2H])([2H])NC(=O)c1ccc(NC(=O)[C@@H](CC)OS(=O)(=O)c2ccccc2)cc1F. The van der Waals surface area contributed by atoms with Gasteiger partial charge in [-0.25, -0.2) is 4.39 Å². The second-order valence-electron chi connectivity index (χ2n) is 5.40. The fourth-order valence-electron chi connectivity index (χ4n) is 2.16. The molecule has 2 rings (SSSR count). The summed E-state index contributed by atoms with van der Waals surface area (Å²) in [5.41, 5.74) is -0.596. The Morgan fingerprint density at radius 1 is 1.22 bits per heavy atom. The zero-order valence-electron chi connectivity index (χ0n) is 17.2. The van der Waals surface area contributed by atoms with Crippen LogP contribution >= 0.6 is 0 Å². The van der Waals surface area contributed by atoms with Crippen molar-refractivity contribution in [2.24, 2.45) is 0 Å². The summed E-state index contributed by atoms with van der Waals surface area (Å²) in [5.74, 6) is -3.05. The van der Waals surface area contributed by atoms with Crippen LogP contribution in [0.5, 0.6) is 0 Å². The van der Waals surface area contributed by atoms with Gasteiger partial charge in [-0.15, -0.1) is 0 Å². The van der Waals surface area contributed by atoms with E-state index in [1.165, 1.54) is 37.3 Å². The highest BCUT2D eigenvalue weighted by atomic mass is 32.2. The van der Waals surface area contributed by atoms with E-state index in [-0.39, 0.29) is 17.0 Å². The van der Waals surface area contributed by atoms with Gasteiger partial charge in [0.1, 0.15) is 5.82 Å². The van der Waals surface area contributed by atoms with Crippen molar-refractivity contribution in [2.45, 2.75) is 24.3 Å². The van der Waals surface area contributed by atoms with Crippen molar-refractivity contribution in [3.05, 3.63) is 59.9 Å². The van der Waals surface area contributed by atoms with Crippen molar-refractivity contribution in [1.29, 1.82) is 0 Å². The van der Waals surface area contributed by atoms with Crippen molar-refractivity contribution in [3.8, 4) is 0 Å². The molecule has 0 radical (unpaired) electrons. The van der Waals surface area contributed by atoms with Gasteiger partial charge in [-0.3, -0.25) is 13.8 Å². The fraction of sp³-hybridized carbons (Fsp3) is 0.222. The van der Waals surface area contributed by atoms with E-state index in [2.05, 4.69) is 5.32 Å². The molecule has 0 saturated carbocycles. The third kappa shape index (κ3) is 5.11. The van der Waals surface area contributed by atoms with Crippen LogP contribution in [0.3, 0.4) is 0 Å². The molecular weight excluding hydrogens is 375 g/mol. The summed E-state index contributed by atoms with van der Waals surface area (Å²) < 4.78 is 64.7. The molecule has 144 valence electrons. The average molecular weight is 397 g/mol. The Hall–Kier alpha value is -2.78. The molecule has 0 aliphatic carbocycles. The summed E-state index contributed by atoms with van der Waals surface area (Å²) >= 11 is 0. The number of hydrogen-bond donors (Lipinski definition) is 2. The summed E-state index contributed by atoms with van der Waals surface area (Å²) in [4.78, 5) is 24.1. The van der Waals surface area contributed by atoms with Crippen molar-refractivity contribution in [3.63, 3.8) is 0 Å². The first kappa shape index (κ1) is 16.4. The van der Waals surface area contributed by atoms with Gasteiger partial charge in [0, 0.05) is 16.8 Å². The lowest BCUT2D eigenvalue weighted by Gasteiger charge is -2.16. The third-order valence-corrected chi connectivity index (χ3v) is 4.87. The summed E-state index contributed by atoms with van der Waals surface area (Å²) in [6.45, 7) is -1.25. The summed E-state index contributed by atoms with van der Waals surface area (Å²) in [6, 6.07) is 10.2. The highest BCUT2D eigenvalue weighted by Crippen LogP contribution is 2.18. The second kappa shape index (κ2) is 8.74. The van der Waals surface area contributed by atoms with Crippen LogP contribution in [0.4, 0.5) is 10.1 Å². The first-order valence-corrected chi connectivity index (χ1v) is 9.25. The van der Waals surface area contributed by atoms with E-state index >= 15 is 0 Å². The summed E-state index contributed by atoms with van der Waals surface area (Å²) in [7, 11) is -4.19. The van der Waals surface area contributed by atoms with Gasteiger partial charge in [0.05, 0.1) is 10.5 Å². The normalized spacial score (nSPS) is 14.4. The maximum absolute atomic E-state index is 14.2. The van der Waals surface area contributed by atoms with Crippen LogP contribution in [-0.4, -0.2) is 33.3 Å². The van der Waals surface area contributed by atoms with E-state index in [1.807, 2.05) is 0 Å². The third-order valence-electron chi connectivity index (χ3n) is 3.53. The number of halogens is 1. The van der Waals surface area contributed by atoms with Crippen LogP contribution in [0, 0.1) is 5.82 Å². The van der Waals surface area contributed by atoms with E-state index in [0.29, 0.717) is 0 Å². The molecule has 0 unspecified atom stereocenters. The Labute approximate surface area is 160 Å². The zero-order valence-corrected chi connectivity index (χ0v) is 15.0. The molecule has 1 atom stereocenters. The molecule has 2 amide bonds. The maximum atomic E-state index is 14.2. The molecule has 27 heavy (non-hydrogen) atoms. The molecule has 0 aliphatic heterocycles. The van der Waals surface area contributed by atoms with E-state index < -0.39 is 46.4 Å². The standard InChI is InChI=1S/C18H19FN2O5S/c1-3-16(26-27(24,25)13-7-5-4-6-8-13)18(23)21-12-9-10-14(15(19)11-12)17(22)20-2/h4-11,16H,3H2,1-2H3,(H,20,22)(H,21,23)/t16-/m1/s1/i2D3. The number of carbonyl (C=O) groups excluding carboxylic acids is 2. The van der Waals surface area contributed by atoms with Gasteiger partial charge in [-0.05, 0) is 36.8 Å². The van der Waals surface area contributed by atoms with Gasteiger partial charge in [0.2, 0.25) is 0 Å². The number of benzene rings is 2. The lowest BCUT2D eigenvalue weighted by Crippen LogP contribution is -2.32. The average Bonchev–Trinajstić information content (AvgIpc) is 2.65. The Morgan fingerprint density at radius 3 is 2.52 bits per heavy atom. The molecule has 9 heteroatoms. The summed E-state index contributed by atoms with van der Waals surface area (Å²) in [6.07, 6.45) is -1.36. The maximum Gasteiger partial charge on any atom is 0.297 e. The number of carbonyl (C=O) groups is 2. The molecule has 0 bridgehead atoms. The number of nitrogens with one attached hydrogen (secondary N) is 2. The van der Waals surface area contributed by atoms with Crippen LogP contribution < -0.4 is 10.6 Å². The number of amides is 2. The van der Waals surface area contributed by atoms with Gasteiger partial charge >= 0.3 is 0 Å². The van der Waals surface area contributed by atoms with Crippen molar-refractivity contribution in [2.75, 3.05) is 12.3 Å². The highest BCUT2D eigenvalue weighted by Gasteiger charge is 2.26. The molecular formula is C18H19FN2O5S. The quantitative estimate of drug-likeness (QED) is 0.698. The zero-order chi connectivity index (χ0) is 22.5.